The number of carbonyl (C=O) groups is 1. The van der Waals surface area contributed by atoms with Crippen molar-refractivity contribution < 1.29 is 14.6 Å². The molecule has 0 aliphatic carbocycles. The first-order valence-electron chi connectivity index (χ1n) is 6.97. The first-order valence-corrected chi connectivity index (χ1v) is 7.76. The number of amides is 1. The van der Waals surface area contributed by atoms with Gasteiger partial charge in [0.1, 0.15) is 11.7 Å². The molecule has 0 saturated carbocycles. The molecule has 1 aliphatic rings. The maximum Gasteiger partial charge on any atom is 0.414 e. The number of halogens is 1. The van der Waals surface area contributed by atoms with Gasteiger partial charge in [-0.2, -0.15) is 18.8 Å². The van der Waals surface area contributed by atoms with E-state index in [1.54, 1.807) is 26.8 Å². The summed E-state index contributed by atoms with van der Waals surface area (Å²) in [6.07, 6.45) is -0.509. The van der Waals surface area contributed by atoms with Crippen molar-refractivity contribution in [2.24, 2.45) is 0 Å². The quantitative estimate of drug-likeness (QED) is 0.783. The highest BCUT2D eigenvalue weighted by atomic mass is 79.9. The lowest BCUT2D eigenvalue weighted by molar-refractivity contribution is 0.0575. The fourth-order valence-corrected chi connectivity index (χ4v) is 3.01. The lowest BCUT2D eigenvalue weighted by Crippen LogP contribution is -2.40. The van der Waals surface area contributed by atoms with E-state index in [-0.39, 0.29) is 26.6 Å². The molecular weight excluding hydrogens is 380 g/mol. The van der Waals surface area contributed by atoms with Crippen LogP contribution in [0.15, 0.2) is 16.6 Å². The lowest BCUT2D eigenvalue weighted by Gasteiger charge is -2.26. The molecule has 0 saturated heterocycles. The second-order valence-electron chi connectivity index (χ2n) is 6.75. The molecule has 0 unspecified atom stereocenters. The highest BCUT2D eigenvalue weighted by Gasteiger charge is 2.44. The number of nitriles is 1. The van der Waals surface area contributed by atoms with Crippen LogP contribution < -0.4 is 4.90 Å². The number of aliphatic hydroxyl groups excluding tert-OH is 1. The first-order chi connectivity index (χ1) is 10.1. The van der Waals surface area contributed by atoms with E-state index in [1.165, 1.54) is 4.90 Å². The highest BCUT2D eigenvalue weighted by molar-refractivity contribution is 9.10. The van der Waals surface area contributed by atoms with Gasteiger partial charge in [-0.15, -0.1) is 0 Å². The van der Waals surface area contributed by atoms with Gasteiger partial charge in [-0.05, 0) is 38.5 Å². The Morgan fingerprint density at radius 2 is 2.13 bits per heavy atom. The molecule has 1 aromatic rings. The van der Waals surface area contributed by atoms with Crippen LogP contribution in [0, 0.1) is 11.3 Å². The molecule has 1 N–H and O–H groups in total. The van der Waals surface area contributed by atoms with Crippen molar-refractivity contribution in [2.75, 3.05) is 18.1 Å². The van der Waals surface area contributed by atoms with Crippen LogP contribution in [0.25, 0.3) is 0 Å². The van der Waals surface area contributed by atoms with Gasteiger partial charge < -0.3 is 9.84 Å². The molecule has 126 valence electrons. The van der Waals surface area contributed by atoms with Crippen molar-refractivity contribution in [1.29, 1.82) is 5.26 Å². The molecule has 0 aromatic heterocycles. The Hall–Kier alpha value is -1.23. The van der Waals surface area contributed by atoms with Crippen molar-refractivity contribution in [2.45, 2.75) is 38.7 Å². The fraction of sp³-hybridized carbons (Fsp3) is 0.500. The second kappa shape index (κ2) is 6.71. The van der Waals surface area contributed by atoms with Gasteiger partial charge >= 0.3 is 6.09 Å². The number of benzene rings is 1. The van der Waals surface area contributed by atoms with Crippen molar-refractivity contribution >= 4 is 41.2 Å². The summed E-state index contributed by atoms with van der Waals surface area (Å²) >= 11 is 3.38. The zero-order chi connectivity index (χ0) is 16.7. The number of rotatable bonds is 1. The maximum atomic E-state index is 12.5. The van der Waals surface area contributed by atoms with Gasteiger partial charge in [0, 0.05) is 16.4 Å². The Morgan fingerprint density at radius 3 is 2.61 bits per heavy atom. The SMILES string of the molecule is CC(C)(C)OC(=O)N1C[C@@](C)(CO)c2cc(Br)cc(C#N)c21.S. The minimum absolute atomic E-state index is 0. The van der Waals surface area contributed by atoms with Crippen molar-refractivity contribution in [3.63, 3.8) is 0 Å². The number of fused-ring (bicyclic) bond motifs is 1. The summed E-state index contributed by atoms with van der Waals surface area (Å²) in [6, 6.07) is 5.63. The normalized spacial score (nSPS) is 19.6. The molecular formula is C16H21BrN2O3S. The Labute approximate surface area is 151 Å². The summed E-state index contributed by atoms with van der Waals surface area (Å²) in [6.45, 7) is 7.39. The molecule has 1 amide bonds. The number of carbonyl (C=O) groups excluding carboxylic acids is 1. The second-order valence-corrected chi connectivity index (χ2v) is 7.66. The maximum absolute atomic E-state index is 12.5. The number of ether oxygens (including phenoxy) is 1. The number of anilines is 1. The molecule has 5 nitrogen and oxygen atoms in total. The van der Waals surface area contributed by atoms with E-state index in [4.69, 9.17) is 4.74 Å². The topological polar surface area (TPSA) is 73.6 Å². The highest BCUT2D eigenvalue weighted by Crippen LogP contribution is 2.44. The zero-order valence-electron chi connectivity index (χ0n) is 13.6. The van der Waals surface area contributed by atoms with E-state index in [2.05, 4.69) is 22.0 Å². The van der Waals surface area contributed by atoms with Gasteiger partial charge in [0.05, 0.1) is 17.9 Å². The minimum atomic E-state index is -0.627. The van der Waals surface area contributed by atoms with Crippen LogP contribution >= 0.6 is 29.4 Å². The summed E-state index contributed by atoms with van der Waals surface area (Å²) in [5.41, 5.74) is 0.426. The molecule has 1 aromatic carbocycles. The minimum Gasteiger partial charge on any atom is -0.443 e. The summed E-state index contributed by atoms with van der Waals surface area (Å²) in [7, 11) is 0. The third-order valence-electron chi connectivity index (χ3n) is 3.59. The summed E-state index contributed by atoms with van der Waals surface area (Å²) < 4.78 is 6.17. The molecule has 7 heteroatoms. The predicted octanol–water partition coefficient (Wildman–Crippen LogP) is 3.44. The average molecular weight is 401 g/mol. The van der Waals surface area contributed by atoms with Crippen LogP contribution in [-0.4, -0.2) is 30.0 Å². The van der Waals surface area contributed by atoms with Crippen LogP contribution in [0.1, 0.15) is 38.8 Å². The molecule has 0 spiro atoms. The van der Waals surface area contributed by atoms with Gasteiger partial charge in [0.25, 0.3) is 0 Å². The van der Waals surface area contributed by atoms with Crippen LogP contribution in [0.4, 0.5) is 10.5 Å². The summed E-state index contributed by atoms with van der Waals surface area (Å²) in [5, 5.41) is 19.2. The number of nitrogens with zero attached hydrogens (tertiary/aromatic N) is 2. The first kappa shape index (κ1) is 19.8. The molecule has 2 rings (SSSR count). The van der Waals surface area contributed by atoms with E-state index in [1.807, 2.05) is 13.0 Å². The average Bonchev–Trinajstić information content (AvgIpc) is 2.71. The van der Waals surface area contributed by atoms with Crippen molar-refractivity contribution in [3.8, 4) is 6.07 Å². The number of hydrogen-bond donors (Lipinski definition) is 1. The largest absolute Gasteiger partial charge is 0.443 e. The summed E-state index contributed by atoms with van der Waals surface area (Å²) in [5.74, 6) is 0. The van der Waals surface area contributed by atoms with Gasteiger partial charge in [0.2, 0.25) is 0 Å². The molecule has 23 heavy (non-hydrogen) atoms. The van der Waals surface area contributed by atoms with Crippen LogP contribution in [0.5, 0.6) is 0 Å². The molecule has 0 bridgehead atoms. The molecule has 0 fully saturated rings. The molecule has 1 aliphatic heterocycles. The lowest BCUT2D eigenvalue weighted by atomic mass is 9.85. The van der Waals surface area contributed by atoms with Gasteiger partial charge in [0.15, 0.2) is 0 Å². The number of hydrogen-bond acceptors (Lipinski definition) is 4. The Morgan fingerprint density at radius 1 is 1.52 bits per heavy atom. The third-order valence-corrected chi connectivity index (χ3v) is 4.04. The third kappa shape index (κ3) is 3.82. The van der Waals surface area contributed by atoms with Crippen LogP contribution in [0.2, 0.25) is 0 Å². The van der Waals surface area contributed by atoms with E-state index in [9.17, 15) is 15.2 Å². The Bertz CT molecular complexity index is 667. The van der Waals surface area contributed by atoms with Crippen molar-refractivity contribution in [3.05, 3.63) is 27.7 Å². The Balaban J connectivity index is 0.00000264. The van der Waals surface area contributed by atoms with Gasteiger partial charge in [-0.1, -0.05) is 22.9 Å². The smallest absolute Gasteiger partial charge is 0.414 e. The van der Waals surface area contributed by atoms with E-state index < -0.39 is 17.1 Å². The molecule has 1 heterocycles. The van der Waals surface area contributed by atoms with Crippen molar-refractivity contribution in [1.82, 2.24) is 0 Å². The van der Waals surface area contributed by atoms with E-state index in [0.717, 1.165) is 10.0 Å². The van der Waals surface area contributed by atoms with Crippen LogP contribution in [-0.2, 0) is 10.2 Å². The summed E-state index contributed by atoms with van der Waals surface area (Å²) in [4.78, 5) is 13.9. The predicted molar refractivity (Wildman–Crippen MR) is 97.3 cm³/mol. The molecule has 1 atom stereocenters. The monoisotopic (exact) mass is 400 g/mol. The van der Waals surface area contributed by atoms with Gasteiger partial charge in [-0.25, -0.2) is 4.79 Å². The van der Waals surface area contributed by atoms with Crippen LogP contribution in [0.3, 0.4) is 0 Å². The number of aliphatic hydroxyl groups is 1. The van der Waals surface area contributed by atoms with Gasteiger partial charge in [-0.3, -0.25) is 4.90 Å². The molecule has 0 radical (unpaired) electrons. The van der Waals surface area contributed by atoms with E-state index >= 15 is 0 Å². The Kier molecular flexibility index (Phi) is 5.79. The fourth-order valence-electron chi connectivity index (χ4n) is 2.56. The zero-order valence-corrected chi connectivity index (χ0v) is 16.2. The van der Waals surface area contributed by atoms with E-state index in [0.29, 0.717) is 11.3 Å². The standard InChI is InChI=1S/C16H19BrN2O3.H2S/c1-15(2,3)22-14(21)19-8-16(4,9-20)12-6-11(17)5-10(7-18)13(12)19;/h5-6,20H,8-9H2,1-4H3;1H2/t16-;/m0./s1.